The van der Waals surface area contributed by atoms with Gasteiger partial charge in [0, 0.05) is 30.1 Å². The minimum atomic E-state index is -1.25. The van der Waals surface area contributed by atoms with E-state index in [2.05, 4.69) is 32.0 Å². The van der Waals surface area contributed by atoms with Crippen molar-refractivity contribution in [3.05, 3.63) is 83.2 Å². The van der Waals surface area contributed by atoms with Gasteiger partial charge < -0.3 is 35.2 Å². The Morgan fingerprint density at radius 2 is 1.93 bits per heavy atom. The Morgan fingerprint density at radius 1 is 1.12 bits per heavy atom. The first-order chi connectivity index (χ1) is 20.7. The number of amides is 2. The predicted octanol–water partition coefficient (Wildman–Crippen LogP) is 3.41. The Hall–Kier alpha value is -4.64. The van der Waals surface area contributed by atoms with Crippen molar-refractivity contribution >= 4 is 17.5 Å². The van der Waals surface area contributed by atoms with Gasteiger partial charge in [0.2, 0.25) is 17.7 Å². The van der Waals surface area contributed by atoms with Crippen LogP contribution in [-0.2, 0) is 21.4 Å². The molecule has 5 N–H and O–H groups in total. The van der Waals surface area contributed by atoms with E-state index in [1.54, 1.807) is 26.2 Å². The quantitative estimate of drug-likeness (QED) is 0.240. The lowest BCUT2D eigenvalue weighted by Crippen LogP contribution is -2.52. The van der Waals surface area contributed by atoms with Crippen LogP contribution in [0.3, 0.4) is 0 Å². The van der Waals surface area contributed by atoms with Gasteiger partial charge in [0.05, 0.1) is 0 Å². The number of ether oxygens (including phenoxy) is 1. The molecule has 1 spiro atoms. The highest BCUT2D eigenvalue weighted by molar-refractivity contribution is 5.90. The van der Waals surface area contributed by atoms with Crippen molar-refractivity contribution in [3.8, 4) is 17.3 Å². The number of aliphatic hydroxyl groups is 1. The van der Waals surface area contributed by atoms with Crippen molar-refractivity contribution in [2.75, 3.05) is 5.32 Å². The summed E-state index contributed by atoms with van der Waals surface area (Å²) in [7, 11) is 0. The Balaban J connectivity index is 1.47. The van der Waals surface area contributed by atoms with E-state index in [9.17, 15) is 14.7 Å². The number of anilines is 1. The molecule has 0 saturated carbocycles. The fourth-order valence-corrected chi connectivity index (χ4v) is 6.42. The number of benzene rings is 2. The van der Waals surface area contributed by atoms with Gasteiger partial charge in [-0.1, -0.05) is 58.0 Å². The van der Waals surface area contributed by atoms with Crippen LogP contribution < -0.4 is 20.7 Å². The molecule has 11 nitrogen and oxygen atoms in total. The average Bonchev–Trinajstić information content (AvgIpc) is 3.76. The predicted molar refractivity (Wildman–Crippen MR) is 157 cm³/mol. The third kappa shape index (κ3) is 4.13. The number of para-hydroxylation sites is 1. The van der Waals surface area contributed by atoms with E-state index >= 15 is 0 Å². The maximum Gasteiger partial charge on any atom is 0.249 e. The van der Waals surface area contributed by atoms with E-state index in [1.807, 2.05) is 50.2 Å². The molecule has 0 aliphatic carbocycles. The van der Waals surface area contributed by atoms with Crippen molar-refractivity contribution in [1.82, 2.24) is 25.6 Å². The topological polar surface area (TPSA) is 154 Å². The zero-order valence-corrected chi connectivity index (χ0v) is 24.3. The molecule has 2 amide bonds. The molecule has 3 aliphatic heterocycles. The summed E-state index contributed by atoms with van der Waals surface area (Å²) in [5.41, 5.74) is 3.16. The lowest BCUT2D eigenvalue weighted by molar-refractivity contribution is -0.135. The van der Waals surface area contributed by atoms with Gasteiger partial charge in [-0.3, -0.25) is 9.59 Å². The SMILES string of the molecule is CC(C)[C@H](O)C(=O)N[C@H]1Cc2ccc3c(c2)C2(c4ccccc4N[C@H]2O3)c2oc(nc2-c2ncc[nH]2)[C@H](C(C)C)NC1=O. The number of oxazole rings is 1. The third-order valence-corrected chi connectivity index (χ3v) is 8.67. The van der Waals surface area contributed by atoms with Crippen LogP contribution >= 0.6 is 0 Å². The highest BCUT2D eigenvalue weighted by atomic mass is 16.5. The molecule has 0 saturated heterocycles. The summed E-state index contributed by atoms with van der Waals surface area (Å²) in [5.74, 6) is 0.654. The molecule has 5 atom stereocenters. The van der Waals surface area contributed by atoms with Gasteiger partial charge in [-0.25, -0.2) is 9.97 Å². The molecule has 0 radical (unpaired) electrons. The molecule has 7 rings (SSSR count). The number of carbonyl (C=O) groups excluding carboxylic acids is 2. The first kappa shape index (κ1) is 27.2. The number of nitrogens with zero attached hydrogens (tertiary/aromatic N) is 2. The van der Waals surface area contributed by atoms with Gasteiger partial charge in [0.25, 0.3) is 0 Å². The number of nitrogens with one attached hydrogen (secondary N) is 4. The maximum atomic E-state index is 13.9. The Kier molecular flexibility index (Phi) is 6.31. The molecule has 4 bridgehead atoms. The maximum absolute atomic E-state index is 13.9. The number of rotatable bonds is 5. The van der Waals surface area contributed by atoms with Crippen molar-refractivity contribution in [2.24, 2.45) is 11.8 Å². The molecule has 43 heavy (non-hydrogen) atoms. The van der Waals surface area contributed by atoms with Crippen molar-refractivity contribution < 1.29 is 23.8 Å². The van der Waals surface area contributed by atoms with Crippen molar-refractivity contribution in [1.29, 1.82) is 0 Å². The lowest BCUT2D eigenvalue weighted by Gasteiger charge is -2.29. The Labute approximate surface area is 248 Å². The fourth-order valence-electron chi connectivity index (χ4n) is 6.42. The number of aromatic nitrogens is 3. The molecular formula is C32H34N6O5. The summed E-state index contributed by atoms with van der Waals surface area (Å²) >= 11 is 0. The van der Waals surface area contributed by atoms with Gasteiger partial charge in [0.15, 0.2) is 17.8 Å². The largest absolute Gasteiger partial charge is 0.469 e. The number of hydrogen-bond acceptors (Lipinski definition) is 8. The van der Waals surface area contributed by atoms with Crippen LogP contribution in [0.1, 0.15) is 62.1 Å². The van der Waals surface area contributed by atoms with Crippen LogP contribution in [0.25, 0.3) is 11.5 Å². The molecule has 0 fully saturated rings. The number of hydrogen-bond donors (Lipinski definition) is 5. The van der Waals surface area contributed by atoms with Crippen LogP contribution in [0.4, 0.5) is 5.69 Å². The zero-order chi connectivity index (χ0) is 30.0. The summed E-state index contributed by atoms with van der Waals surface area (Å²) in [6, 6.07) is 12.3. The molecule has 222 valence electrons. The Morgan fingerprint density at radius 3 is 2.67 bits per heavy atom. The summed E-state index contributed by atoms with van der Waals surface area (Å²) in [6.07, 6.45) is 1.81. The molecule has 3 aliphatic rings. The molecule has 2 aromatic carbocycles. The summed E-state index contributed by atoms with van der Waals surface area (Å²) in [6.45, 7) is 7.44. The second-order valence-electron chi connectivity index (χ2n) is 12.2. The van der Waals surface area contributed by atoms with Gasteiger partial charge in [0.1, 0.15) is 35.0 Å². The number of imidazole rings is 1. The van der Waals surface area contributed by atoms with Gasteiger partial charge in [-0.2, -0.15) is 0 Å². The number of carbonyl (C=O) groups is 2. The normalized spacial score (nSPS) is 24.3. The first-order valence-electron chi connectivity index (χ1n) is 14.6. The third-order valence-electron chi connectivity index (χ3n) is 8.67. The van der Waals surface area contributed by atoms with Crippen LogP contribution in [-0.4, -0.2) is 50.2 Å². The summed E-state index contributed by atoms with van der Waals surface area (Å²) in [5, 5.41) is 19.9. The fraction of sp³-hybridized carbons (Fsp3) is 0.375. The minimum absolute atomic E-state index is 0.115. The van der Waals surface area contributed by atoms with Gasteiger partial charge >= 0.3 is 0 Å². The van der Waals surface area contributed by atoms with Gasteiger partial charge in [-0.05, 0) is 35.1 Å². The molecule has 11 heteroatoms. The standard InChI is InChI=1S/C32H34N6O5/c1-15(2)23-30-38-24(27-33-11-12-34-27)26(43-30)32-18-7-5-6-8-20(18)36-31(32)42-22-10-9-17(13-19(22)32)14-21(28(40)37-23)35-29(41)25(39)16(3)4/h5-13,15-16,21,23,25,31,36,39H,14H2,1-4H3,(H,33,34)(H,35,41)(H,37,40)/t21-,23-,25-,31-,32?/m0/s1. The van der Waals surface area contributed by atoms with Crippen LogP contribution in [0, 0.1) is 11.8 Å². The van der Waals surface area contributed by atoms with E-state index < -0.39 is 41.6 Å². The average molecular weight is 583 g/mol. The number of fused-ring (bicyclic) bond motifs is 4. The molecule has 5 heterocycles. The zero-order valence-electron chi connectivity index (χ0n) is 24.3. The molecule has 2 aromatic heterocycles. The summed E-state index contributed by atoms with van der Waals surface area (Å²) in [4.78, 5) is 39.5. The van der Waals surface area contributed by atoms with E-state index in [-0.39, 0.29) is 18.3 Å². The van der Waals surface area contributed by atoms with E-state index in [1.165, 1.54) is 0 Å². The number of aliphatic hydroxyl groups excluding tert-OH is 1. The lowest BCUT2D eigenvalue weighted by atomic mass is 9.72. The second-order valence-corrected chi connectivity index (χ2v) is 12.2. The van der Waals surface area contributed by atoms with E-state index in [0.717, 1.165) is 22.4 Å². The van der Waals surface area contributed by atoms with Gasteiger partial charge in [-0.15, -0.1) is 0 Å². The van der Waals surface area contributed by atoms with E-state index in [4.69, 9.17) is 14.1 Å². The highest BCUT2D eigenvalue weighted by Gasteiger charge is 2.61. The Bertz CT molecular complexity index is 1710. The van der Waals surface area contributed by atoms with Crippen molar-refractivity contribution in [3.63, 3.8) is 0 Å². The minimum Gasteiger partial charge on any atom is -0.469 e. The van der Waals surface area contributed by atoms with Crippen LogP contribution in [0.15, 0.2) is 59.3 Å². The van der Waals surface area contributed by atoms with Crippen LogP contribution in [0.5, 0.6) is 5.75 Å². The molecule has 4 aromatic rings. The first-order valence-corrected chi connectivity index (χ1v) is 14.6. The summed E-state index contributed by atoms with van der Waals surface area (Å²) < 4.78 is 13.3. The second kappa shape index (κ2) is 9.98. The number of aromatic amines is 1. The van der Waals surface area contributed by atoms with E-state index in [0.29, 0.717) is 28.9 Å². The van der Waals surface area contributed by atoms with Crippen LogP contribution in [0.2, 0.25) is 0 Å². The van der Waals surface area contributed by atoms with Crippen molar-refractivity contribution in [2.45, 2.75) is 63.9 Å². The molecule has 1 unspecified atom stereocenters. The monoisotopic (exact) mass is 582 g/mol. The smallest absolute Gasteiger partial charge is 0.249 e. The number of H-pyrrole nitrogens is 1. The highest BCUT2D eigenvalue weighted by Crippen LogP contribution is 2.59. The molecular weight excluding hydrogens is 548 g/mol.